The van der Waals surface area contributed by atoms with E-state index in [-0.39, 0.29) is 17.1 Å². The van der Waals surface area contributed by atoms with Gasteiger partial charge in [0.1, 0.15) is 0 Å². The molecule has 0 aliphatic heterocycles. The molecule has 0 aromatic heterocycles. The number of carboxylic acid groups (broad SMARTS) is 1. The molecule has 0 saturated heterocycles. The van der Waals surface area contributed by atoms with E-state index in [1.807, 2.05) is 0 Å². The van der Waals surface area contributed by atoms with Crippen LogP contribution in [0.25, 0.3) is 0 Å². The maximum absolute atomic E-state index is 9.00. The van der Waals surface area contributed by atoms with Crippen molar-refractivity contribution in [3.8, 4) is 0 Å². The second kappa shape index (κ2) is 6.97. The van der Waals surface area contributed by atoms with Crippen molar-refractivity contribution in [3.63, 3.8) is 0 Å². The molecule has 0 rings (SSSR count). The molecule has 0 aliphatic rings. The monoisotopic (exact) mass is 221 g/mol. The van der Waals surface area contributed by atoms with Crippen molar-refractivity contribution in [2.45, 2.75) is 6.92 Å². The van der Waals surface area contributed by atoms with E-state index in [0.717, 1.165) is 6.92 Å². The molecule has 1 radical (unpaired) electrons. The van der Waals surface area contributed by atoms with Crippen LogP contribution in [-0.2, 0) is 32.3 Å². The number of rotatable bonds is 0. The van der Waals surface area contributed by atoms with E-state index in [1.54, 1.807) is 0 Å². The van der Waals surface area contributed by atoms with E-state index in [1.165, 1.54) is 0 Å². The molecular weight excluding hydrogens is 216 g/mol. The number of carboxylic acids is 1. The van der Waals surface area contributed by atoms with Crippen molar-refractivity contribution in [3.05, 3.63) is 0 Å². The van der Waals surface area contributed by atoms with Gasteiger partial charge in [0.25, 0.3) is 5.97 Å². The topological polar surface area (TPSA) is 112 Å². The van der Waals surface area contributed by atoms with Crippen LogP contribution >= 0.6 is 0 Å². The van der Waals surface area contributed by atoms with Gasteiger partial charge in [-0.3, -0.25) is 13.9 Å². The van der Waals surface area contributed by atoms with Crippen molar-refractivity contribution in [2.75, 3.05) is 0 Å². The van der Waals surface area contributed by atoms with Crippen LogP contribution in [0.15, 0.2) is 0 Å². The molecule has 3 N–H and O–H groups in total. The molecule has 0 bridgehead atoms. The van der Waals surface area contributed by atoms with Crippen LogP contribution in [0, 0.1) is 0 Å². The molecule has 0 fully saturated rings. The van der Waals surface area contributed by atoms with E-state index in [2.05, 4.69) is 0 Å². The molecule has 8 heteroatoms. The first-order chi connectivity index (χ1) is 3.73. The summed E-state index contributed by atoms with van der Waals surface area (Å²) in [5.41, 5.74) is 0. The minimum atomic E-state index is -4.67. The zero-order chi connectivity index (χ0) is 8.08. The first-order valence-corrected chi connectivity index (χ1v) is 3.02. The number of carbonyl (C=O) groups is 1. The molecule has 0 aromatic rings. The average molecular weight is 222 g/mol. The fourth-order valence-corrected chi connectivity index (χ4v) is 0. The molecule has 10 heavy (non-hydrogen) atoms. The molecule has 0 aliphatic carbocycles. The van der Waals surface area contributed by atoms with Gasteiger partial charge in [0, 0.05) is 24.0 Å². The van der Waals surface area contributed by atoms with Gasteiger partial charge < -0.3 is 5.11 Å². The molecule has 0 unspecified atom stereocenters. The second-order valence-electron chi connectivity index (χ2n) is 0.967. The minimum absolute atomic E-state index is 0. The molecule has 67 valence electrons. The quantitative estimate of drug-likeness (QED) is 0.373. The Kier molecular flexibility index (Phi) is 11.5. The third kappa shape index (κ3) is 18700. The normalized spacial score (nSPS) is 8.30. The first-order valence-electron chi connectivity index (χ1n) is 1.63. The SMILES string of the molecule is CC(=O)O.O=S(=O)(O)O.[Cu]. The summed E-state index contributed by atoms with van der Waals surface area (Å²) in [6, 6.07) is 0. The molecule has 0 atom stereocenters. The molecule has 6 nitrogen and oxygen atoms in total. The van der Waals surface area contributed by atoms with Gasteiger partial charge in [-0.25, -0.2) is 0 Å². The Morgan fingerprint density at radius 2 is 1.30 bits per heavy atom. The van der Waals surface area contributed by atoms with Crippen molar-refractivity contribution in [2.24, 2.45) is 0 Å². The van der Waals surface area contributed by atoms with Gasteiger partial charge in [-0.1, -0.05) is 0 Å². The summed E-state index contributed by atoms with van der Waals surface area (Å²) < 4.78 is 31.6. The van der Waals surface area contributed by atoms with E-state index in [4.69, 9.17) is 27.4 Å². The van der Waals surface area contributed by atoms with Crippen molar-refractivity contribution in [1.82, 2.24) is 0 Å². The van der Waals surface area contributed by atoms with Crippen LogP contribution in [-0.4, -0.2) is 28.6 Å². The van der Waals surface area contributed by atoms with E-state index < -0.39 is 16.4 Å². The molecule has 0 spiro atoms. The van der Waals surface area contributed by atoms with Gasteiger partial charge >= 0.3 is 10.4 Å². The molecule has 0 amide bonds. The molecular formula is C2H6CuO6S. The van der Waals surface area contributed by atoms with Gasteiger partial charge in [-0.2, -0.15) is 8.42 Å². The summed E-state index contributed by atoms with van der Waals surface area (Å²) in [4.78, 5) is 9.00. The zero-order valence-electron chi connectivity index (χ0n) is 4.78. The van der Waals surface area contributed by atoms with Crippen molar-refractivity contribution < 1.29 is 44.5 Å². The maximum atomic E-state index is 9.00. The third-order valence-corrected chi connectivity index (χ3v) is 0. The Hall–Kier alpha value is -0.141. The Balaban J connectivity index is -0.0000000910. The van der Waals surface area contributed by atoms with Crippen molar-refractivity contribution in [1.29, 1.82) is 0 Å². The zero-order valence-corrected chi connectivity index (χ0v) is 6.53. The number of aliphatic carboxylic acids is 1. The summed E-state index contributed by atoms with van der Waals surface area (Å²) in [5.74, 6) is -0.833. The largest absolute Gasteiger partial charge is 0.481 e. The van der Waals surface area contributed by atoms with Crippen LogP contribution in [0.1, 0.15) is 6.92 Å². The fraction of sp³-hybridized carbons (Fsp3) is 0.500. The standard InChI is InChI=1S/C2H4O2.Cu.H2O4S/c1-2(3)4;;1-5(2,3)4/h1H3,(H,3,4);;(H2,1,2,3,4). The molecule has 0 saturated carbocycles. The predicted octanol–water partition coefficient (Wildman–Crippen LogP) is -0.564. The summed E-state index contributed by atoms with van der Waals surface area (Å²) in [6.07, 6.45) is 0. The van der Waals surface area contributed by atoms with Gasteiger partial charge in [0.05, 0.1) is 0 Å². The van der Waals surface area contributed by atoms with Crippen LogP contribution in [0.4, 0.5) is 0 Å². The van der Waals surface area contributed by atoms with E-state index in [0.29, 0.717) is 0 Å². The Labute approximate surface area is 68.3 Å². The molecule has 0 heterocycles. The van der Waals surface area contributed by atoms with Gasteiger partial charge in [0.15, 0.2) is 0 Å². The minimum Gasteiger partial charge on any atom is -0.481 e. The van der Waals surface area contributed by atoms with Crippen LogP contribution in [0.5, 0.6) is 0 Å². The van der Waals surface area contributed by atoms with Crippen LogP contribution in [0.2, 0.25) is 0 Å². The van der Waals surface area contributed by atoms with Gasteiger partial charge in [-0.05, 0) is 0 Å². The second-order valence-corrected chi connectivity index (χ2v) is 1.86. The van der Waals surface area contributed by atoms with Gasteiger partial charge in [-0.15, -0.1) is 0 Å². The third-order valence-electron chi connectivity index (χ3n) is 0. The average Bonchev–Trinajstić information content (AvgIpc) is 1.19. The Bertz CT molecular complexity index is 158. The van der Waals surface area contributed by atoms with Crippen LogP contribution < -0.4 is 0 Å². The first kappa shape index (κ1) is 16.4. The smallest absolute Gasteiger partial charge is 0.394 e. The summed E-state index contributed by atoms with van der Waals surface area (Å²) in [5, 5.41) is 7.42. The molecule has 0 aromatic carbocycles. The van der Waals surface area contributed by atoms with Gasteiger partial charge in [0.2, 0.25) is 0 Å². The number of hydrogen-bond donors (Lipinski definition) is 3. The summed E-state index contributed by atoms with van der Waals surface area (Å²) in [6.45, 7) is 1.08. The van der Waals surface area contributed by atoms with Crippen LogP contribution in [0.3, 0.4) is 0 Å². The Morgan fingerprint density at radius 3 is 1.30 bits per heavy atom. The predicted molar refractivity (Wildman–Crippen MR) is 27.5 cm³/mol. The van der Waals surface area contributed by atoms with E-state index in [9.17, 15) is 0 Å². The summed E-state index contributed by atoms with van der Waals surface area (Å²) in [7, 11) is -4.67. The Morgan fingerprint density at radius 1 is 1.30 bits per heavy atom. The summed E-state index contributed by atoms with van der Waals surface area (Å²) >= 11 is 0. The number of hydrogen-bond acceptors (Lipinski definition) is 3. The van der Waals surface area contributed by atoms with E-state index >= 15 is 0 Å². The van der Waals surface area contributed by atoms with Crippen molar-refractivity contribution >= 4 is 16.4 Å². The fourth-order valence-electron chi connectivity index (χ4n) is 0. The maximum Gasteiger partial charge on any atom is 0.394 e.